The first-order chi connectivity index (χ1) is 11.0. The van der Waals surface area contributed by atoms with Gasteiger partial charge in [-0.15, -0.1) is 0 Å². The molecule has 5 nitrogen and oxygen atoms in total. The number of methoxy groups -OCH3 is 1. The summed E-state index contributed by atoms with van der Waals surface area (Å²) in [5.74, 6) is 0.643. The summed E-state index contributed by atoms with van der Waals surface area (Å²) in [6.45, 7) is 2.34. The molecule has 0 radical (unpaired) electrons. The van der Waals surface area contributed by atoms with Crippen LogP contribution in [0, 0.1) is 6.92 Å². The second kappa shape index (κ2) is 7.74. The SMILES string of the molecule is COc1ccccc1C(CNC(=O)c1cccc(C)n1)N(C)C. The quantitative estimate of drug-likeness (QED) is 0.890. The smallest absolute Gasteiger partial charge is 0.269 e. The number of hydrogen-bond donors (Lipinski definition) is 1. The van der Waals surface area contributed by atoms with Crippen LogP contribution in [-0.4, -0.2) is 43.5 Å². The van der Waals surface area contributed by atoms with Crippen molar-refractivity contribution in [3.63, 3.8) is 0 Å². The van der Waals surface area contributed by atoms with Gasteiger partial charge in [0.2, 0.25) is 0 Å². The predicted octanol–water partition coefficient (Wildman–Crippen LogP) is 2.43. The molecule has 1 amide bonds. The molecule has 0 aliphatic rings. The number of likely N-dealkylation sites (N-methyl/N-ethyl adjacent to an activating group) is 1. The van der Waals surface area contributed by atoms with Crippen LogP contribution in [0.25, 0.3) is 0 Å². The minimum atomic E-state index is -0.171. The third-order valence-electron chi connectivity index (χ3n) is 3.70. The summed E-state index contributed by atoms with van der Waals surface area (Å²) in [4.78, 5) is 18.6. The Morgan fingerprint density at radius 3 is 2.61 bits per heavy atom. The van der Waals surface area contributed by atoms with Crippen LogP contribution >= 0.6 is 0 Å². The highest BCUT2D eigenvalue weighted by Gasteiger charge is 2.19. The molecule has 0 spiro atoms. The number of carbonyl (C=O) groups is 1. The van der Waals surface area contributed by atoms with Gasteiger partial charge in [-0.25, -0.2) is 4.98 Å². The van der Waals surface area contributed by atoms with E-state index in [1.54, 1.807) is 13.2 Å². The van der Waals surface area contributed by atoms with E-state index in [1.807, 2.05) is 57.4 Å². The van der Waals surface area contributed by atoms with E-state index in [1.165, 1.54) is 0 Å². The van der Waals surface area contributed by atoms with Crippen molar-refractivity contribution in [2.24, 2.45) is 0 Å². The zero-order valence-electron chi connectivity index (χ0n) is 14.0. The van der Waals surface area contributed by atoms with E-state index in [0.717, 1.165) is 17.0 Å². The third-order valence-corrected chi connectivity index (χ3v) is 3.70. The second-order valence-corrected chi connectivity index (χ2v) is 5.60. The van der Waals surface area contributed by atoms with E-state index in [9.17, 15) is 4.79 Å². The highest BCUT2D eigenvalue weighted by molar-refractivity contribution is 5.92. The van der Waals surface area contributed by atoms with Gasteiger partial charge in [-0.05, 0) is 39.2 Å². The molecule has 0 saturated heterocycles. The molecule has 1 atom stereocenters. The number of pyridine rings is 1. The number of rotatable bonds is 6. The van der Waals surface area contributed by atoms with E-state index < -0.39 is 0 Å². The summed E-state index contributed by atoms with van der Waals surface area (Å²) in [7, 11) is 5.61. The van der Waals surface area contributed by atoms with Crippen molar-refractivity contribution >= 4 is 5.91 Å². The number of ether oxygens (including phenoxy) is 1. The van der Waals surface area contributed by atoms with Gasteiger partial charge in [0.1, 0.15) is 11.4 Å². The van der Waals surface area contributed by atoms with Crippen LogP contribution in [-0.2, 0) is 0 Å². The molecule has 0 fully saturated rings. The molecule has 1 aromatic carbocycles. The highest BCUT2D eigenvalue weighted by atomic mass is 16.5. The highest BCUT2D eigenvalue weighted by Crippen LogP contribution is 2.27. The second-order valence-electron chi connectivity index (χ2n) is 5.60. The first-order valence-electron chi connectivity index (χ1n) is 7.54. The molecular weight excluding hydrogens is 290 g/mol. The van der Waals surface area contributed by atoms with Gasteiger partial charge in [-0.3, -0.25) is 4.79 Å². The zero-order chi connectivity index (χ0) is 16.8. The van der Waals surface area contributed by atoms with Crippen LogP contribution in [0.15, 0.2) is 42.5 Å². The number of nitrogens with one attached hydrogen (secondary N) is 1. The van der Waals surface area contributed by atoms with Gasteiger partial charge in [0, 0.05) is 17.8 Å². The number of aryl methyl sites for hydroxylation is 1. The molecule has 122 valence electrons. The Labute approximate surface area is 137 Å². The van der Waals surface area contributed by atoms with Crippen molar-refractivity contribution in [3.8, 4) is 5.75 Å². The summed E-state index contributed by atoms with van der Waals surface area (Å²) in [6.07, 6.45) is 0. The van der Waals surface area contributed by atoms with Gasteiger partial charge < -0.3 is 15.0 Å². The molecule has 2 aromatic rings. The number of aromatic nitrogens is 1. The van der Waals surface area contributed by atoms with Crippen LogP contribution in [0.5, 0.6) is 5.75 Å². The van der Waals surface area contributed by atoms with E-state index in [4.69, 9.17) is 4.74 Å². The predicted molar refractivity (Wildman–Crippen MR) is 90.7 cm³/mol. The minimum Gasteiger partial charge on any atom is -0.496 e. The van der Waals surface area contributed by atoms with Crippen molar-refractivity contribution < 1.29 is 9.53 Å². The Hall–Kier alpha value is -2.40. The van der Waals surface area contributed by atoms with E-state index in [0.29, 0.717) is 12.2 Å². The average Bonchev–Trinajstić information content (AvgIpc) is 2.55. The van der Waals surface area contributed by atoms with E-state index in [2.05, 4.69) is 15.2 Å². The van der Waals surface area contributed by atoms with Gasteiger partial charge in [-0.1, -0.05) is 24.3 Å². The molecular formula is C18H23N3O2. The fraction of sp³-hybridized carbons (Fsp3) is 0.333. The minimum absolute atomic E-state index is 0.0138. The average molecular weight is 313 g/mol. The maximum atomic E-state index is 12.3. The normalized spacial score (nSPS) is 12.0. The largest absolute Gasteiger partial charge is 0.496 e. The molecule has 0 saturated carbocycles. The monoisotopic (exact) mass is 313 g/mol. The van der Waals surface area contributed by atoms with Crippen molar-refractivity contribution in [3.05, 3.63) is 59.4 Å². The van der Waals surface area contributed by atoms with Crippen LogP contribution in [0.4, 0.5) is 0 Å². The standard InChI is InChI=1S/C18H23N3O2/c1-13-8-7-10-15(20-13)18(22)19-12-16(21(2)3)14-9-5-6-11-17(14)23-4/h5-11,16H,12H2,1-4H3,(H,19,22). The van der Waals surface area contributed by atoms with Gasteiger partial charge in [0.25, 0.3) is 5.91 Å². The summed E-state index contributed by atoms with van der Waals surface area (Å²) in [6, 6.07) is 13.3. The summed E-state index contributed by atoms with van der Waals surface area (Å²) < 4.78 is 5.43. The summed E-state index contributed by atoms with van der Waals surface area (Å²) in [5, 5.41) is 2.96. The maximum Gasteiger partial charge on any atom is 0.269 e. The van der Waals surface area contributed by atoms with Gasteiger partial charge in [-0.2, -0.15) is 0 Å². The first-order valence-corrected chi connectivity index (χ1v) is 7.54. The lowest BCUT2D eigenvalue weighted by atomic mass is 10.0. The molecule has 0 aliphatic heterocycles. The van der Waals surface area contributed by atoms with Gasteiger partial charge >= 0.3 is 0 Å². The zero-order valence-corrected chi connectivity index (χ0v) is 14.0. The lowest BCUT2D eigenvalue weighted by Crippen LogP contribution is -2.35. The molecule has 0 bridgehead atoms. The maximum absolute atomic E-state index is 12.3. The van der Waals surface area contributed by atoms with Crippen molar-refractivity contribution in [2.75, 3.05) is 27.7 Å². The number of carbonyl (C=O) groups excluding carboxylic acids is 1. The Bertz CT molecular complexity index is 671. The van der Waals surface area contributed by atoms with Crippen LogP contribution in [0.1, 0.15) is 27.8 Å². The molecule has 1 heterocycles. The molecule has 23 heavy (non-hydrogen) atoms. The van der Waals surface area contributed by atoms with Crippen LogP contribution < -0.4 is 10.1 Å². The van der Waals surface area contributed by atoms with Crippen molar-refractivity contribution in [2.45, 2.75) is 13.0 Å². The molecule has 1 aromatic heterocycles. The Morgan fingerprint density at radius 2 is 1.96 bits per heavy atom. The molecule has 0 aliphatic carbocycles. The Morgan fingerprint density at radius 1 is 1.22 bits per heavy atom. The van der Waals surface area contributed by atoms with E-state index >= 15 is 0 Å². The van der Waals surface area contributed by atoms with Crippen molar-refractivity contribution in [1.82, 2.24) is 15.2 Å². The number of amides is 1. The van der Waals surface area contributed by atoms with Gasteiger partial charge in [0.15, 0.2) is 0 Å². The van der Waals surface area contributed by atoms with Crippen LogP contribution in [0.2, 0.25) is 0 Å². The van der Waals surface area contributed by atoms with Crippen LogP contribution in [0.3, 0.4) is 0 Å². The lowest BCUT2D eigenvalue weighted by molar-refractivity contribution is 0.0936. The lowest BCUT2D eigenvalue weighted by Gasteiger charge is -2.26. The van der Waals surface area contributed by atoms with E-state index in [-0.39, 0.29) is 11.9 Å². The summed E-state index contributed by atoms with van der Waals surface area (Å²) in [5.41, 5.74) is 2.30. The first kappa shape index (κ1) is 17.0. The number of hydrogen-bond acceptors (Lipinski definition) is 4. The molecule has 1 unspecified atom stereocenters. The molecule has 1 N–H and O–H groups in total. The Kier molecular flexibility index (Phi) is 5.71. The number of para-hydroxylation sites is 1. The van der Waals surface area contributed by atoms with Crippen molar-refractivity contribution in [1.29, 1.82) is 0 Å². The fourth-order valence-electron chi connectivity index (χ4n) is 2.46. The Balaban J connectivity index is 2.13. The third kappa shape index (κ3) is 4.29. The number of benzene rings is 1. The summed E-state index contributed by atoms with van der Waals surface area (Å²) >= 11 is 0. The van der Waals surface area contributed by atoms with Gasteiger partial charge in [0.05, 0.1) is 13.2 Å². The number of nitrogens with zero attached hydrogens (tertiary/aromatic N) is 2. The molecule has 5 heteroatoms. The topological polar surface area (TPSA) is 54.5 Å². The molecule has 2 rings (SSSR count). The fourth-order valence-corrected chi connectivity index (χ4v) is 2.46.